The zero-order valence-corrected chi connectivity index (χ0v) is 11.7. The van der Waals surface area contributed by atoms with E-state index >= 15 is 0 Å². The zero-order chi connectivity index (χ0) is 7.07. The van der Waals surface area contributed by atoms with Gasteiger partial charge in [0.1, 0.15) is 0 Å². The second kappa shape index (κ2) is 3.40. The Morgan fingerprint density at radius 1 is 1.40 bits per heavy atom. The molecule has 2 heteroatoms. The van der Waals surface area contributed by atoms with Gasteiger partial charge in [-0.25, -0.2) is 0 Å². The van der Waals surface area contributed by atoms with E-state index < -0.39 is 0 Å². The average Bonchev–Trinajstić information content (AvgIpc) is 1.79. The number of allylic oxidation sites excluding steroid dienone is 4. The zero-order valence-electron chi connectivity index (χ0n) is 7.65. The molecule has 1 rings (SSSR count). The first-order valence-corrected chi connectivity index (χ1v) is 4.40. The van der Waals surface area contributed by atoms with E-state index in [0.29, 0.717) is 5.04 Å². The van der Waals surface area contributed by atoms with Crippen LogP contribution in [0.4, 0.5) is 0 Å². The third kappa shape index (κ3) is 2.09. The predicted molar refractivity (Wildman–Crippen MR) is 51.6 cm³/mol. The van der Waals surface area contributed by atoms with E-state index in [1.807, 2.05) is 0 Å². The minimum absolute atomic E-state index is 0. The fourth-order valence-corrected chi connectivity index (χ4v) is 1.85. The van der Waals surface area contributed by atoms with Crippen molar-refractivity contribution in [2.75, 3.05) is 0 Å². The average molecular weight is 161 g/mol. The summed E-state index contributed by atoms with van der Waals surface area (Å²) < 4.78 is 0. The standard InChI is InChI=1S/C8H14Si.Na/c1-6-4-7(2)8(3,9)5-6;/h4-5H,1-3,9H3;. The van der Waals surface area contributed by atoms with Gasteiger partial charge in [0.15, 0.2) is 0 Å². The molecule has 1 radical (unpaired) electrons. The van der Waals surface area contributed by atoms with Crippen LogP contribution in [-0.2, 0) is 0 Å². The summed E-state index contributed by atoms with van der Waals surface area (Å²) in [6.45, 7) is 6.70. The number of hydrogen-bond donors (Lipinski definition) is 0. The Morgan fingerprint density at radius 2 is 1.90 bits per heavy atom. The van der Waals surface area contributed by atoms with Crippen molar-refractivity contribution < 1.29 is 0 Å². The fraction of sp³-hybridized carbons (Fsp3) is 0.500. The normalized spacial score (nSPS) is 31.1. The van der Waals surface area contributed by atoms with E-state index in [1.165, 1.54) is 21.4 Å². The third-order valence-electron chi connectivity index (χ3n) is 2.05. The summed E-state index contributed by atoms with van der Waals surface area (Å²) >= 11 is 0. The van der Waals surface area contributed by atoms with Gasteiger partial charge in [0, 0.05) is 39.8 Å². The topological polar surface area (TPSA) is 0 Å². The molecule has 0 aromatic rings. The summed E-state index contributed by atoms with van der Waals surface area (Å²) in [7, 11) is 1.24. The quantitative estimate of drug-likeness (QED) is 0.466. The van der Waals surface area contributed by atoms with Crippen LogP contribution in [0.1, 0.15) is 20.8 Å². The Labute approximate surface area is 88.5 Å². The minimum atomic E-state index is 0. The van der Waals surface area contributed by atoms with Crippen LogP contribution in [-0.4, -0.2) is 39.8 Å². The van der Waals surface area contributed by atoms with Gasteiger partial charge >= 0.3 is 0 Å². The van der Waals surface area contributed by atoms with Crippen molar-refractivity contribution >= 4 is 39.8 Å². The first kappa shape index (κ1) is 10.7. The molecule has 51 valence electrons. The van der Waals surface area contributed by atoms with Gasteiger partial charge in [0.05, 0.1) is 0 Å². The van der Waals surface area contributed by atoms with Crippen LogP contribution in [0.2, 0.25) is 5.04 Å². The van der Waals surface area contributed by atoms with Crippen molar-refractivity contribution in [3.05, 3.63) is 23.3 Å². The number of rotatable bonds is 0. The maximum absolute atomic E-state index is 2.37. The molecular formula is C8H14NaSi. The summed E-state index contributed by atoms with van der Waals surface area (Å²) in [4.78, 5) is 0. The van der Waals surface area contributed by atoms with Crippen molar-refractivity contribution in [1.82, 2.24) is 0 Å². The molecular weight excluding hydrogens is 147 g/mol. The Bertz CT molecular complexity index is 189. The van der Waals surface area contributed by atoms with Gasteiger partial charge in [0.25, 0.3) is 0 Å². The molecule has 10 heavy (non-hydrogen) atoms. The summed E-state index contributed by atoms with van der Waals surface area (Å²) in [5.74, 6) is 0. The van der Waals surface area contributed by atoms with Crippen LogP contribution >= 0.6 is 0 Å². The van der Waals surface area contributed by atoms with Crippen LogP contribution in [0.3, 0.4) is 0 Å². The van der Waals surface area contributed by atoms with Gasteiger partial charge in [-0.2, -0.15) is 0 Å². The van der Waals surface area contributed by atoms with Crippen LogP contribution in [0.25, 0.3) is 0 Å². The molecule has 0 aliphatic heterocycles. The summed E-state index contributed by atoms with van der Waals surface area (Å²) in [6, 6.07) is 0. The summed E-state index contributed by atoms with van der Waals surface area (Å²) in [5.41, 5.74) is 2.97. The van der Waals surface area contributed by atoms with Crippen LogP contribution in [0.15, 0.2) is 23.3 Å². The van der Waals surface area contributed by atoms with E-state index in [-0.39, 0.29) is 29.6 Å². The van der Waals surface area contributed by atoms with E-state index in [2.05, 4.69) is 32.9 Å². The first-order chi connectivity index (χ1) is 4.02. The molecule has 0 saturated carbocycles. The van der Waals surface area contributed by atoms with Crippen molar-refractivity contribution in [2.45, 2.75) is 25.8 Å². The van der Waals surface area contributed by atoms with E-state index in [4.69, 9.17) is 0 Å². The SMILES string of the molecule is CC1=CC(C)([SiH3])C(C)=C1.[Na]. The van der Waals surface area contributed by atoms with Crippen molar-refractivity contribution in [1.29, 1.82) is 0 Å². The van der Waals surface area contributed by atoms with E-state index in [9.17, 15) is 0 Å². The van der Waals surface area contributed by atoms with Crippen molar-refractivity contribution in [3.63, 3.8) is 0 Å². The van der Waals surface area contributed by atoms with Crippen molar-refractivity contribution in [3.8, 4) is 0 Å². The van der Waals surface area contributed by atoms with Crippen LogP contribution < -0.4 is 0 Å². The van der Waals surface area contributed by atoms with Gasteiger partial charge in [-0.1, -0.05) is 30.2 Å². The fourth-order valence-electron chi connectivity index (χ4n) is 1.25. The van der Waals surface area contributed by atoms with Crippen LogP contribution in [0, 0.1) is 0 Å². The van der Waals surface area contributed by atoms with Crippen molar-refractivity contribution in [2.24, 2.45) is 0 Å². The molecule has 0 heterocycles. The maximum Gasteiger partial charge on any atom is 0.0202 e. The monoisotopic (exact) mass is 161 g/mol. The molecule has 0 amide bonds. The molecule has 0 fully saturated rings. The van der Waals surface area contributed by atoms with Gasteiger partial charge in [0.2, 0.25) is 0 Å². The molecule has 0 aromatic carbocycles. The molecule has 1 aliphatic rings. The largest absolute Gasteiger partial charge is 0.0754 e. The van der Waals surface area contributed by atoms with Gasteiger partial charge < -0.3 is 0 Å². The predicted octanol–water partition coefficient (Wildman–Crippen LogP) is 1.06. The molecule has 0 aromatic heterocycles. The minimum Gasteiger partial charge on any atom is -0.0754 e. The Kier molecular flexibility index (Phi) is 3.63. The molecule has 0 spiro atoms. The second-order valence-electron chi connectivity index (χ2n) is 3.44. The Balaban J connectivity index is 0.000000810. The summed E-state index contributed by atoms with van der Waals surface area (Å²) in [6.07, 6.45) is 4.65. The van der Waals surface area contributed by atoms with E-state index in [0.717, 1.165) is 0 Å². The second-order valence-corrected chi connectivity index (χ2v) is 5.51. The third-order valence-corrected chi connectivity index (χ3v) is 3.13. The molecule has 1 unspecified atom stereocenters. The van der Waals surface area contributed by atoms with E-state index in [1.54, 1.807) is 0 Å². The van der Waals surface area contributed by atoms with Gasteiger partial charge in [-0.15, -0.1) is 0 Å². The Hall–Kier alpha value is 0.697. The first-order valence-electron chi connectivity index (χ1n) is 3.40. The number of hydrogen-bond acceptors (Lipinski definition) is 0. The molecule has 0 N–H and O–H groups in total. The van der Waals surface area contributed by atoms with Gasteiger partial charge in [-0.3, -0.25) is 0 Å². The smallest absolute Gasteiger partial charge is 0.0202 e. The molecule has 0 nitrogen and oxygen atoms in total. The molecule has 1 atom stereocenters. The molecule has 0 bridgehead atoms. The Morgan fingerprint density at radius 3 is 2.00 bits per heavy atom. The molecule has 0 saturated heterocycles. The summed E-state index contributed by atoms with van der Waals surface area (Å²) in [5, 5.41) is 0.462. The maximum atomic E-state index is 2.37. The molecule has 1 aliphatic carbocycles. The van der Waals surface area contributed by atoms with Crippen LogP contribution in [0.5, 0.6) is 0 Å². The van der Waals surface area contributed by atoms with Gasteiger partial charge in [-0.05, 0) is 18.9 Å².